The van der Waals surface area contributed by atoms with Crippen LogP contribution in [0.3, 0.4) is 0 Å². The summed E-state index contributed by atoms with van der Waals surface area (Å²) in [7, 11) is 0. The molecule has 1 aliphatic rings. The van der Waals surface area contributed by atoms with Gasteiger partial charge in [0.2, 0.25) is 0 Å². The number of carbonyl (C=O) groups is 1. The molecular formula is C24H19F6NO2. The summed E-state index contributed by atoms with van der Waals surface area (Å²) < 4.78 is 83.3. The van der Waals surface area contributed by atoms with Crippen molar-refractivity contribution in [2.24, 2.45) is 0 Å². The van der Waals surface area contributed by atoms with E-state index < -0.39 is 29.2 Å². The molecule has 0 saturated carbocycles. The predicted molar refractivity (Wildman–Crippen MR) is 110 cm³/mol. The minimum atomic E-state index is -4.96. The van der Waals surface area contributed by atoms with Crippen molar-refractivity contribution in [3.05, 3.63) is 95.1 Å². The Morgan fingerprint density at radius 2 is 1.55 bits per heavy atom. The predicted octanol–water partition coefficient (Wildman–Crippen LogP) is 6.92. The van der Waals surface area contributed by atoms with E-state index in [2.05, 4.69) is 6.58 Å². The number of nitrogens with zero attached hydrogens (tertiary/aromatic N) is 1. The van der Waals surface area contributed by atoms with Crippen LogP contribution in [0, 0.1) is 0 Å². The Kier molecular flexibility index (Phi) is 6.71. The lowest BCUT2D eigenvalue weighted by atomic mass is 10.1. The van der Waals surface area contributed by atoms with Crippen molar-refractivity contribution in [1.82, 2.24) is 4.90 Å². The number of halogens is 6. The largest absolute Gasteiger partial charge is 0.457 e. The lowest BCUT2D eigenvalue weighted by Gasteiger charge is -2.17. The third-order valence-electron chi connectivity index (χ3n) is 4.89. The maximum absolute atomic E-state index is 13.0. The van der Waals surface area contributed by atoms with Crippen molar-refractivity contribution < 1.29 is 35.9 Å². The number of alkyl halides is 6. The molecule has 33 heavy (non-hydrogen) atoms. The zero-order valence-corrected chi connectivity index (χ0v) is 17.4. The zero-order chi connectivity index (χ0) is 24.4. The van der Waals surface area contributed by atoms with E-state index in [4.69, 9.17) is 4.74 Å². The average Bonchev–Trinajstić information content (AvgIpc) is 3.02. The molecule has 0 spiro atoms. The van der Waals surface area contributed by atoms with E-state index in [0.29, 0.717) is 29.8 Å². The molecule has 1 aliphatic heterocycles. The van der Waals surface area contributed by atoms with Gasteiger partial charge in [0, 0.05) is 18.7 Å². The zero-order valence-electron chi connectivity index (χ0n) is 17.4. The van der Waals surface area contributed by atoms with Gasteiger partial charge in [-0.15, -0.1) is 0 Å². The van der Waals surface area contributed by atoms with Gasteiger partial charge in [0.1, 0.15) is 11.5 Å². The van der Waals surface area contributed by atoms with Crippen molar-refractivity contribution >= 4 is 5.91 Å². The molecule has 0 N–H and O–H groups in total. The monoisotopic (exact) mass is 467 g/mol. The normalized spacial score (nSPS) is 15.0. The lowest BCUT2D eigenvalue weighted by Crippen LogP contribution is -2.26. The number of rotatable bonds is 6. The lowest BCUT2D eigenvalue weighted by molar-refractivity contribution is -0.143. The quantitative estimate of drug-likeness (QED) is 0.432. The van der Waals surface area contributed by atoms with Crippen LogP contribution < -0.4 is 4.74 Å². The molecule has 3 rings (SSSR count). The fraction of sp³-hybridized carbons (Fsp3) is 0.208. The number of hydrogen-bond donors (Lipinski definition) is 0. The van der Waals surface area contributed by atoms with Crippen LogP contribution >= 0.6 is 0 Å². The van der Waals surface area contributed by atoms with Crippen LogP contribution in [-0.2, 0) is 23.7 Å². The highest BCUT2D eigenvalue weighted by molar-refractivity contribution is 6.00. The first-order valence-corrected chi connectivity index (χ1v) is 9.76. The van der Waals surface area contributed by atoms with Gasteiger partial charge < -0.3 is 9.64 Å². The summed E-state index contributed by atoms with van der Waals surface area (Å²) in [5.74, 6) is -0.712. The van der Waals surface area contributed by atoms with Gasteiger partial charge in [-0.3, -0.25) is 4.79 Å². The molecule has 0 aliphatic carbocycles. The summed E-state index contributed by atoms with van der Waals surface area (Å²) in [6.45, 7) is 6.16. The second kappa shape index (κ2) is 9.17. The molecule has 0 bridgehead atoms. The van der Waals surface area contributed by atoms with Gasteiger partial charge in [0.05, 0.1) is 11.1 Å². The summed E-state index contributed by atoms with van der Waals surface area (Å²) in [6.07, 6.45) is -4.78. The summed E-state index contributed by atoms with van der Waals surface area (Å²) >= 11 is 0. The average molecular weight is 467 g/mol. The van der Waals surface area contributed by atoms with Gasteiger partial charge in [-0.1, -0.05) is 36.9 Å². The van der Waals surface area contributed by atoms with E-state index in [9.17, 15) is 31.1 Å². The minimum absolute atomic E-state index is 0.0382. The minimum Gasteiger partial charge on any atom is -0.457 e. The molecular weight excluding hydrogens is 448 g/mol. The van der Waals surface area contributed by atoms with E-state index in [0.717, 1.165) is 5.57 Å². The summed E-state index contributed by atoms with van der Waals surface area (Å²) in [6, 6.07) is 7.06. The molecule has 174 valence electrons. The SMILES string of the molecule is C=CC1=C(/C=C\C)CN(Cc2ccc(Oc3cc(C(F)(F)F)cc(C(F)(F)F)c3)cc2)C1=O. The van der Waals surface area contributed by atoms with Crippen molar-refractivity contribution in [2.45, 2.75) is 25.8 Å². The molecule has 0 radical (unpaired) electrons. The van der Waals surface area contributed by atoms with Crippen LogP contribution in [0.1, 0.15) is 23.6 Å². The smallest absolute Gasteiger partial charge is 0.416 e. The van der Waals surface area contributed by atoms with Gasteiger partial charge in [-0.25, -0.2) is 0 Å². The first-order chi connectivity index (χ1) is 15.4. The van der Waals surface area contributed by atoms with E-state index in [1.165, 1.54) is 18.2 Å². The molecule has 0 unspecified atom stereocenters. The van der Waals surface area contributed by atoms with Gasteiger partial charge in [0.25, 0.3) is 5.91 Å². The summed E-state index contributed by atoms with van der Waals surface area (Å²) in [5.41, 5.74) is -0.862. The molecule has 2 aromatic carbocycles. The van der Waals surface area contributed by atoms with Crippen LogP contribution in [0.15, 0.2) is 78.4 Å². The van der Waals surface area contributed by atoms with E-state index in [1.807, 2.05) is 19.1 Å². The van der Waals surface area contributed by atoms with E-state index in [1.54, 1.807) is 17.0 Å². The maximum atomic E-state index is 13.0. The van der Waals surface area contributed by atoms with Crippen molar-refractivity contribution in [1.29, 1.82) is 0 Å². The molecule has 9 heteroatoms. The molecule has 2 aromatic rings. The molecule has 1 heterocycles. The maximum Gasteiger partial charge on any atom is 0.416 e. The first kappa shape index (κ1) is 24.2. The number of ether oxygens (including phenoxy) is 1. The molecule has 0 aromatic heterocycles. The Bertz CT molecular complexity index is 1080. The standard InChI is InChI=1S/C24H19F6NO2/c1-3-5-16-14-31(22(32)21(16)4-2)13-15-6-8-19(9-7-15)33-20-11-17(23(25,26)27)10-18(12-20)24(28,29)30/h3-12H,2,13-14H2,1H3/b5-3-. The third kappa shape index (κ3) is 5.66. The number of hydrogen-bond acceptors (Lipinski definition) is 2. The van der Waals surface area contributed by atoms with Crippen LogP contribution in [0.4, 0.5) is 26.3 Å². The summed E-state index contributed by atoms with van der Waals surface area (Å²) in [5, 5.41) is 0. The van der Waals surface area contributed by atoms with Gasteiger partial charge >= 0.3 is 12.4 Å². The van der Waals surface area contributed by atoms with Crippen molar-refractivity contribution in [3.8, 4) is 11.5 Å². The number of allylic oxidation sites excluding steroid dienone is 1. The Balaban J connectivity index is 1.77. The molecule has 0 atom stereocenters. The Morgan fingerprint density at radius 3 is 2.03 bits per heavy atom. The highest BCUT2D eigenvalue weighted by atomic mass is 19.4. The Labute approximate surface area is 186 Å². The van der Waals surface area contributed by atoms with Crippen molar-refractivity contribution in [2.75, 3.05) is 6.54 Å². The van der Waals surface area contributed by atoms with Gasteiger partial charge in [0.15, 0.2) is 0 Å². The van der Waals surface area contributed by atoms with Crippen molar-refractivity contribution in [3.63, 3.8) is 0 Å². The molecule has 1 amide bonds. The fourth-order valence-corrected chi connectivity index (χ4v) is 3.36. The second-order valence-electron chi connectivity index (χ2n) is 7.29. The molecule has 0 saturated heterocycles. The third-order valence-corrected chi connectivity index (χ3v) is 4.89. The Hall–Kier alpha value is -3.49. The Morgan fingerprint density at radius 1 is 0.970 bits per heavy atom. The highest BCUT2D eigenvalue weighted by Crippen LogP contribution is 2.39. The van der Waals surface area contributed by atoms with E-state index >= 15 is 0 Å². The molecule has 3 nitrogen and oxygen atoms in total. The van der Waals surface area contributed by atoms with Crippen LogP contribution in [-0.4, -0.2) is 17.4 Å². The number of benzene rings is 2. The first-order valence-electron chi connectivity index (χ1n) is 9.76. The van der Waals surface area contributed by atoms with Gasteiger partial charge in [-0.05, 0) is 48.4 Å². The highest BCUT2D eigenvalue weighted by Gasteiger charge is 2.37. The molecule has 0 fully saturated rings. The topological polar surface area (TPSA) is 29.5 Å². The van der Waals surface area contributed by atoms with Gasteiger partial charge in [-0.2, -0.15) is 26.3 Å². The summed E-state index contributed by atoms with van der Waals surface area (Å²) in [4.78, 5) is 14.1. The fourth-order valence-electron chi connectivity index (χ4n) is 3.36. The van der Waals surface area contributed by atoms with E-state index in [-0.39, 0.29) is 24.3 Å². The number of amides is 1. The van der Waals surface area contributed by atoms with Crippen LogP contribution in [0.2, 0.25) is 0 Å². The van der Waals surface area contributed by atoms with Crippen LogP contribution in [0.5, 0.6) is 11.5 Å². The number of carbonyl (C=O) groups excluding carboxylic acids is 1. The second-order valence-corrected chi connectivity index (χ2v) is 7.29. The van der Waals surface area contributed by atoms with Crippen LogP contribution in [0.25, 0.3) is 0 Å².